The van der Waals surface area contributed by atoms with Gasteiger partial charge in [0.25, 0.3) is 0 Å². The molecule has 0 fully saturated rings. The van der Waals surface area contributed by atoms with Gasteiger partial charge in [-0.15, -0.1) is 0 Å². The normalized spacial score (nSPS) is 13.5. The first-order valence-corrected chi connectivity index (χ1v) is 6.79. The molecule has 0 unspecified atom stereocenters. The number of hydrogen-bond donors (Lipinski definition) is 0. The lowest BCUT2D eigenvalue weighted by Gasteiger charge is -2.05. The second kappa shape index (κ2) is 4.96. The summed E-state index contributed by atoms with van der Waals surface area (Å²) in [5, 5.41) is 4.09. The molecule has 2 aromatic rings. The quantitative estimate of drug-likeness (QED) is 0.787. The number of hydrogen-bond acceptors (Lipinski definition) is 3. The molecule has 0 aliphatic heterocycles. The van der Waals surface area contributed by atoms with Crippen LogP contribution in [0.2, 0.25) is 0 Å². The van der Waals surface area contributed by atoms with Gasteiger partial charge < -0.3 is 0 Å². The van der Waals surface area contributed by atoms with E-state index in [2.05, 4.69) is 22.2 Å². The average molecular weight is 255 g/mol. The van der Waals surface area contributed by atoms with Crippen LogP contribution in [0.1, 0.15) is 40.7 Å². The molecule has 0 saturated carbocycles. The van der Waals surface area contributed by atoms with Crippen molar-refractivity contribution in [1.29, 1.82) is 0 Å². The Morgan fingerprint density at radius 1 is 1.32 bits per heavy atom. The Morgan fingerprint density at radius 3 is 3.00 bits per heavy atom. The largest absolute Gasteiger partial charge is 0.294 e. The molecule has 3 rings (SSSR count). The van der Waals surface area contributed by atoms with Crippen LogP contribution in [0.15, 0.2) is 24.5 Å². The van der Waals surface area contributed by atoms with Crippen molar-refractivity contribution in [3.8, 4) is 0 Å². The van der Waals surface area contributed by atoms with Gasteiger partial charge in [-0.25, -0.2) is 9.67 Å². The number of aromatic nitrogens is 3. The van der Waals surface area contributed by atoms with Crippen LogP contribution in [0.25, 0.3) is 0 Å². The fourth-order valence-corrected chi connectivity index (χ4v) is 2.68. The van der Waals surface area contributed by atoms with Crippen molar-refractivity contribution in [3.63, 3.8) is 0 Å². The third-order valence-corrected chi connectivity index (χ3v) is 3.73. The molecule has 1 aromatic carbocycles. The summed E-state index contributed by atoms with van der Waals surface area (Å²) in [5.74, 6) is 0.866. The number of nitrogens with zero attached hydrogens (tertiary/aromatic N) is 3. The first-order valence-electron chi connectivity index (χ1n) is 6.79. The van der Waals surface area contributed by atoms with Crippen molar-refractivity contribution < 1.29 is 4.79 Å². The molecule has 1 heterocycles. The van der Waals surface area contributed by atoms with Crippen LogP contribution in [-0.4, -0.2) is 20.5 Å². The number of Topliss-reactive ketones (excluding diaryl/α,β-unsaturated/α-hetero) is 1. The smallest absolute Gasteiger partial charge is 0.170 e. The molecule has 0 amide bonds. The lowest BCUT2D eigenvalue weighted by atomic mass is 10.0. The van der Waals surface area contributed by atoms with Crippen LogP contribution in [0.3, 0.4) is 0 Å². The Labute approximate surface area is 112 Å². The van der Waals surface area contributed by atoms with Gasteiger partial charge in [0, 0.05) is 12.1 Å². The number of ketones is 1. The Balaban J connectivity index is 1.81. The van der Waals surface area contributed by atoms with E-state index in [0.717, 1.165) is 30.8 Å². The van der Waals surface area contributed by atoms with E-state index in [9.17, 15) is 4.79 Å². The van der Waals surface area contributed by atoms with E-state index in [1.54, 1.807) is 4.68 Å². The molecule has 1 aliphatic carbocycles. The van der Waals surface area contributed by atoms with Crippen LogP contribution in [0.4, 0.5) is 0 Å². The van der Waals surface area contributed by atoms with Gasteiger partial charge in [0.1, 0.15) is 12.2 Å². The standard InChI is InChI=1S/C15H17N3O/c1-2-18-15(16-10-17-18)9-14(19)13-7-6-11-4-3-5-12(11)8-13/h6-8,10H,2-5,9H2,1H3. The highest BCUT2D eigenvalue weighted by Crippen LogP contribution is 2.23. The summed E-state index contributed by atoms with van der Waals surface area (Å²) in [6.45, 7) is 2.74. The maximum Gasteiger partial charge on any atom is 0.170 e. The Morgan fingerprint density at radius 2 is 2.16 bits per heavy atom. The first-order chi connectivity index (χ1) is 9.28. The van der Waals surface area contributed by atoms with Crippen molar-refractivity contribution in [1.82, 2.24) is 14.8 Å². The molecule has 1 aromatic heterocycles. The van der Waals surface area contributed by atoms with E-state index in [-0.39, 0.29) is 5.78 Å². The van der Waals surface area contributed by atoms with E-state index < -0.39 is 0 Å². The fraction of sp³-hybridized carbons (Fsp3) is 0.400. The van der Waals surface area contributed by atoms with E-state index in [1.807, 2.05) is 13.0 Å². The average Bonchev–Trinajstić information content (AvgIpc) is 3.05. The van der Waals surface area contributed by atoms with Crippen molar-refractivity contribution in [2.24, 2.45) is 0 Å². The van der Waals surface area contributed by atoms with Gasteiger partial charge in [0.15, 0.2) is 5.78 Å². The molecule has 0 atom stereocenters. The van der Waals surface area contributed by atoms with Crippen LogP contribution in [-0.2, 0) is 25.8 Å². The summed E-state index contributed by atoms with van der Waals surface area (Å²) < 4.78 is 1.77. The minimum atomic E-state index is 0.123. The maximum atomic E-state index is 12.3. The molecule has 98 valence electrons. The summed E-state index contributed by atoms with van der Waals surface area (Å²) in [6.07, 6.45) is 5.29. The predicted molar refractivity (Wildman–Crippen MR) is 72.2 cm³/mol. The monoisotopic (exact) mass is 255 g/mol. The van der Waals surface area contributed by atoms with Crippen LogP contribution < -0.4 is 0 Å². The van der Waals surface area contributed by atoms with Gasteiger partial charge >= 0.3 is 0 Å². The first kappa shape index (κ1) is 12.1. The van der Waals surface area contributed by atoms with Crippen LogP contribution in [0.5, 0.6) is 0 Å². The number of rotatable bonds is 4. The van der Waals surface area contributed by atoms with Gasteiger partial charge in [-0.05, 0) is 43.4 Å². The second-order valence-electron chi connectivity index (χ2n) is 4.93. The molecule has 0 N–H and O–H groups in total. The Hall–Kier alpha value is -1.97. The zero-order valence-electron chi connectivity index (χ0n) is 11.1. The number of carbonyl (C=O) groups is 1. The molecule has 19 heavy (non-hydrogen) atoms. The highest BCUT2D eigenvalue weighted by atomic mass is 16.1. The zero-order chi connectivity index (χ0) is 13.2. The maximum absolute atomic E-state index is 12.3. The van der Waals surface area contributed by atoms with Crippen molar-refractivity contribution in [2.45, 2.75) is 39.2 Å². The number of carbonyl (C=O) groups excluding carboxylic acids is 1. The summed E-state index contributed by atoms with van der Waals surface area (Å²) in [5.41, 5.74) is 3.53. The Bertz CT molecular complexity index is 616. The SMILES string of the molecule is CCn1ncnc1CC(=O)c1ccc2c(c1)CCC2. The lowest BCUT2D eigenvalue weighted by Crippen LogP contribution is -2.11. The topological polar surface area (TPSA) is 47.8 Å². The molecule has 4 heteroatoms. The molecule has 4 nitrogen and oxygen atoms in total. The number of benzene rings is 1. The van der Waals surface area contributed by atoms with Gasteiger partial charge in [0.05, 0.1) is 6.42 Å². The predicted octanol–water partition coefficient (Wildman–Crippen LogP) is 2.21. The zero-order valence-corrected chi connectivity index (χ0v) is 11.1. The number of fused-ring (bicyclic) bond motifs is 1. The summed E-state index contributed by atoms with van der Waals surface area (Å²) in [6, 6.07) is 6.09. The van der Waals surface area contributed by atoms with Crippen LogP contribution in [0, 0.1) is 0 Å². The summed E-state index contributed by atoms with van der Waals surface area (Å²) in [4.78, 5) is 16.5. The van der Waals surface area contributed by atoms with Crippen molar-refractivity contribution in [3.05, 3.63) is 47.0 Å². The molecular weight excluding hydrogens is 238 g/mol. The third kappa shape index (κ3) is 2.30. The molecule has 0 bridgehead atoms. The van der Waals surface area contributed by atoms with E-state index in [0.29, 0.717) is 6.42 Å². The van der Waals surface area contributed by atoms with Gasteiger partial charge in [-0.3, -0.25) is 4.79 Å². The van der Waals surface area contributed by atoms with Crippen LogP contribution >= 0.6 is 0 Å². The second-order valence-corrected chi connectivity index (χ2v) is 4.93. The van der Waals surface area contributed by atoms with E-state index in [1.165, 1.54) is 23.9 Å². The fourth-order valence-electron chi connectivity index (χ4n) is 2.68. The highest BCUT2D eigenvalue weighted by molar-refractivity contribution is 5.97. The minimum absolute atomic E-state index is 0.123. The lowest BCUT2D eigenvalue weighted by molar-refractivity contribution is 0.0989. The third-order valence-electron chi connectivity index (χ3n) is 3.73. The molecule has 1 aliphatic rings. The molecule has 0 saturated heterocycles. The van der Waals surface area contributed by atoms with Crippen molar-refractivity contribution in [2.75, 3.05) is 0 Å². The van der Waals surface area contributed by atoms with Gasteiger partial charge in [0.2, 0.25) is 0 Å². The Kier molecular flexibility index (Phi) is 3.15. The highest BCUT2D eigenvalue weighted by Gasteiger charge is 2.15. The molecule has 0 spiro atoms. The summed E-state index contributed by atoms with van der Waals surface area (Å²) in [7, 11) is 0. The van der Waals surface area contributed by atoms with Gasteiger partial charge in [-0.2, -0.15) is 5.10 Å². The van der Waals surface area contributed by atoms with E-state index in [4.69, 9.17) is 0 Å². The van der Waals surface area contributed by atoms with Gasteiger partial charge in [-0.1, -0.05) is 12.1 Å². The molecular formula is C15H17N3O. The molecule has 0 radical (unpaired) electrons. The minimum Gasteiger partial charge on any atom is -0.294 e. The van der Waals surface area contributed by atoms with Crippen molar-refractivity contribution >= 4 is 5.78 Å². The summed E-state index contributed by atoms with van der Waals surface area (Å²) >= 11 is 0. The number of aryl methyl sites for hydroxylation is 3. The van der Waals surface area contributed by atoms with E-state index >= 15 is 0 Å².